The topological polar surface area (TPSA) is 118 Å². The predicted octanol–water partition coefficient (Wildman–Crippen LogP) is 5.94. The Morgan fingerprint density at radius 1 is 1.00 bits per heavy atom. The van der Waals surface area contributed by atoms with Gasteiger partial charge in [0.15, 0.2) is 0 Å². The van der Waals surface area contributed by atoms with Gasteiger partial charge in [-0.25, -0.2) is 8.42 Å². The highest BCUT2D eigenvalue weighted by Crippen LogP contribution is 2.36. The maximum absolute atomic E-state index is 13.0. The molecule has 0 aliphatic heterocycles. The van der Waals surface area contributed by atoms with Crippen LogP contribution in [0.3, 0.4) is 0 Å². The zero-order valence-corrected chi connectivity index (χ0v) is 20.5. The molecule has 0 heterocycles. The predicted molar refractivity (Wildman–Crippen MR) is 132 cm³/mol. The van der Waals surface area contributed by atoms with Gasteiger partial charge in [0.05, 0.1) is 26.2 Å². The van der Waals surface area contributed by atoms with E-state index in [0.717, 1.165) is 17.7 Å². The first-order chi connectivity index (χ1) is 16.8. The monoisotopic (exact) mass is 559 g/mol. The Balaban J connectivity index is 1.56. The number of sulfonamides is 1. The van der Waals surface area contributed by atoms with E-state index < -0.39 is 31.7 Å². The number of nitro groups is 1. The Morgan fingerprint density at radius 3 is 2.19 bits per heavy atom. The average Bonchev–Trinajstić information content (AvgIpc) is 2.80. The normalized spacial score (nSPS) is 11.7. The summed E-state index contributed by atoms with van der Waals surface area (Å²) in [5.41, 5.74) is -0.381. The van der Waals surface area contributed by atoms with E-state index in [9.17, 15) is 36.5 Å². The molecule has 3 aromatic carbocycles. The number of non-ortho nitro benzene ring substituents is 1. The van der Waals surface area contributed by atoms with E-state index in [1.54, 1.807) is 12.1 Å². The molecule has 0 saturated carbocycles. The van der Waals surface area contributed by atoms with E-state index in [0.29, 0.717) is 17.5 Å². The van der Waals surface area contributed by atoms with Gasteiger partial charge in [-0.2, -0.15) is 13.2 Å². The number of amides is 1. The van der Waals surface area contributed by atoms with Gasteiger partial charge in [0.1, 0.15) is 0 Å². The Kier molecular flexibility index (Phi) is 8.48. The van der Waals surface area contributed by atoms with Gasteiger partial charge in [0.25, 0.3) is 15.7 Å². The molecule has 0 fully saturated rings. The molecule has 0 unspecified atom stereocenters. The van der Waals surface area contributed by atoms with Crippen LogP contribution in [0.5, 0.6) is 0 Å². The highest BCUT2D eigenvalue weighted by atomic mass is 35.5. The van der Waals surface area contributed by atoms with Crippen LogP contribution in [0.4, 0.5) is 30.2 Å². The number of hydrogen-bond acceptors (Lipinski definition) is 6. The molecule has 8 nitrogen and oxygen atoms in total. The minimum atomic E-state index is -4.75. The number of benzene rings is 3. The molecule has 3 aromatic rings. The number of hydrogen-bond donors (Lipinski definition) is 2. The van der Waals surface area contributed by atoms with Crippen molar-refractivity contribution in [3.05, 3.63) is 93.0 Å². The first-order valence-electron chi connectivity index (χ1n) is 9.96. The zero-order valence-electron chi connectivity index (χ0n) is 18.1. The van der Waals surface area contributed by atoms with E-state index >= 15 is 0 Å². The Labute approximate surface area is 213 Å². The van der Waals surface area contributed by atoms with Crippen molar-refractivity contribution < 1.29 is 31.3 Å². The molecule has 0 aromatic heterocycles. The van der Waals surface area contributed by atoms with Crippen LogP contribution in [0.15, 0.2) is 71.6 Å². The van der Waals surface area contributed by atoms with E-state index in [4.69, 9.17) is 11.6 Å². The molecule has 0 aliphatic carbocycles. The molecular weight excluding hydrogens is 543 g/mol. The SMILES string of the molecule is O=C(CSCc1ccc([N+](=O)[O-])cc1)Nc1ccc(S(=O)(=O)Nc2ccc(Cl)c(C(F)(F)F)c2)cc1. The highest BCUT2D eigenvalue weighted by molar-refractivity contribution is 7.99. The van der Waals surface area contributed by atoms with Crippen LogP contribution in [0.25, 0.3) is 0 Å². The average molecular weight is 560 g/mol. The number of anilines is 2. The lowest BCUT2D eigenvalue weighted by atomic mass is 10.2. The summed E-state index contributed by atoms with van der Waals surface area (Å²) in [6, 6.07) is 13.7. The van der Waals surface area contributed by atoms with Gasteiger partial charge in [-0.15, -0.1) is 11.8 Å². The molecule has 0 bridgehead atoms. The molecule has 1 amide bonds. The van der Waals surface area contributed by atoms with Crippen LogP contribution in [-0.4, -0.2) is 25.0 Å². The van der Waals surface area contributed by atoms with Crippen molar-refractivity contribution in [2.75, 3.05) is 15.8 Å². The summed E-state index contributed by atoms with van der Waals surface area (Å²) in [6.07, 6.45) is -4.75. The second-order valence-corrected chi connectivity index (χ2v) is 10.4. The Hall–Kier alpha value is -3.29. The van der Waals surface area contributed by atoms with Crippen molar-refractivity contribution in [3.8, 4) is 0 Å². The van der Waals surface area contributed by atoms with Gasteiger partial charge in [0, 0.05) is 29.3 Å². The lowest BCUT2D eigenvalue weighted by Crippen LogP contribution is -2.16. The summed E-state index contributed by atoms with van der Waals surface area (Å²) in [5, 5.41) is 12.7. The fraction of sp³-hybridized carbons (Fsp3) is 0.136. The van der Waals surface area contributed by atoms with Gasteiger partial charge in [0.2, 0.25) is 5.91 Å². The van der Waals surface area contributed by atoms with E-state index in [2.05, 4.69) is 10.0 Å². The van der Waals surface area contributed by atoms with Crippen molar-refractivity contribution in [2.45, 2.75) is 16.8 Å². The van der Waals surface area contributed by atoms with E-state index in [-0.39, 0.29) is 27.9 Å². The summed E-state index contributed by atoms with van der Waals surface area (Å²) in [6.45, 7) is 0. The molecule has 0 atom stereocenters. The summed E-state index contributed by atoms with van der Waals surface area (Å²) < 4.78 is 66.3. The van der Waals surface area contributed by atoms with Crippen LogP contribution >= 0.6 is 23.4 Å². The lowest BCUT2D eigenvalue weighted by Gasteiger charge is -2.13. The summed E-state index contributed by atoms with van der Waals surface area (Å²) >= 11 is 6.83. The van der Waals surface area contributed by atoms with Crippen LogP contribution in [-0.2, 0) is 26.7 Å². The molecule has 0 saturated heterocycles. The maximum atomic E-state index is 13.0. The minimum absolute atomic E-state index is 0.0265. The fourth-order valence-electron chi connectivity index (χ4n) is 2.91. The summed E-state index contributed by atoms with van der Waals surface area (Å²) in [5.74, 6) is 0.183. The highest BCUT2D eigenvalue weighted by Gasteiger charge is 2.33. The largest absolute Gasteiger partial charge is 0.417 e. The number of halogens is 4. The molecular formula is C22H17ClF3N3O5S2. The number of carbonyl (C=O) groups excluding carboxylic acids is 1. The number of carbonyl (C=O) groups is 1. The fourth-order valence-corrected chi connectivity index (χ4v) is 4.97. The molecule has 0 aliphatic rings. The van der Waals surface area contributed by atoms with Gasteiger partial charge in [-0.3, -0.25) is 19.6 Å². The third kappa shape index (κ3) is 7.35. The Bertz CT molecular complexity index is 1370. The zero-order chi connectivity index (χ0) is 26.5. The van der Waals surface area contributed by atoms with Crippen molar-refractivity contribution >= 4 is 56.4 Å². The van der Waals surface area contributed by atoms with E-state index in [1.807, 2.05) is 0 Å². The summed E-state index contributed by atoms with van der Waals surface area (Å²) in [7, 11) is -4.21. The molecule has 3 rings (SSSR count). The van der Waals surface area contributed by atoms with Crippen LogP contribution in [0, 0.1) is 10.1 Å². The van der Waals surface area contributed by atoms with Gasteiger partial charge in [-0.05, 0) is 48.0 Å². The number of rotatable bonds is 9. The molecule has 190 valence electrons. The quantitative estimate of drug-likeness (QED) is 0.247. The van der Waals surface area contributed by atoms with Crippen LogP contribution < -0.4 is 10.0 Å². The first-order valence-corrected chi connectivity index (χ1v) is 13.0. The number of nitro benzene ring substituents is 1. The Morgan fingerprint density at radius 2 is 1.61 bits per heavy atom. The summed E-state index contributed by atoms with van der Waals surface area (Å²) in [4.78, 5) is 22.1. The number of nitrogens with zero attached hydrogens (tertiary/aromatic N) is 1. The third-order valence-electron chi connectivity index (χ3n) is 4.62. The lowest BCUT2D eigenvalue weighted by molar-refractivity contribution is -0.384. The third-order valence-corrected chi connectivity index (χ3v) is 7.35. The molecule has 14 heteroatoms. The van der Waals surface area contributed by atoms with Crippen molar-refractivity contribution in [1.82, 2.24) is 0 Å². The second-order valence-electron chi connectivity index (χ2n) is 7.29. The molecule has 2 N–H and O–H groups in total. The van der Waals surface area contributed by atoms with Crippen LogP contribution in [0.1, 0.15) is 11.1 Å². The standard InChI is InChI=1S/C22H17ClF3N3O5S2/c23-20-10-5-16(11-19(20)22(24,25)26)28-36(33,34)18-8-3-15(4-9-18)27-21(30)13-35-12-14-1-6-17(7-2-14)29(31)32/h1-11,28H,12-13H2,(H,27,30). The van der Waals surface area contributed by atoms with Gasteiger partial charge < -0.3 is 5.32 Å². The van der Waals surface area contributed by atoms with Crippen molar-refractivity contribution in [1.29, 1.82) is 0 Å². The van der Waals surface area contributed by atoms with E-state index in [1.165, 1.54) is 48.2 Å². The van der Waals surface area contributed by atoms with Crippen molar-refractivity contribution in [2.24, 2.45) is 0 Å². The molecule has 36 heavy (non-hydrogen) atoms. The number of nitrogens with one attached hydrogen (secondary N) is 2. The molecule has 0 spiro atoms. The smallest absolute Gasteiger partial charge is 0.325 e. The number of alkyl halides is 3. The second kappa shape index (κ2) is 11.2. The number of thioether (sulfide) groups is 1. The minimum Gasteiger partial charge on any atom is -0.325 e. The molecule has 0 radical (unpaired) electrons. The van der Waals surface area contributed by atoms with Gasteiger partial charge in [-0.1, -0.05) is 23.7 Å². The van der Waals surface area contributed by atoms with Crippen molar-refractivity contribution in [3.63, 3.8) is 0 Å². The van der Waals surface area contributed by atoms with Crippen LogP contribution in [0.2, 0.25) is 5.02 Å². The maximum Gasteiger partial charge on any atom is 0.417 e. The first kappa shape index (κ1) is 27.3. The van der Waals surface area contributed by atoms with Gasteiger partial charge >= 0.3 is 6.18 Å².